The Labute approximate surface area is 182 Å². The van der Waals surface area contributed by atoms with Crippen molar-refractivity contribution < 1.29 is 9.50 Å². The van der Waals surface area contributed by atoms with E-state index in [1.54, 1.807) is 39.8 Å². The van der Waals surface area contributed by atoms with Crippen LogP contribution in [0.25, 0.3) is 39.4 Å². The van der Waals surface area contributed by atoms with Crippen LogP contribution in [-0.4, -0.2) is 29.3 Å². The molecule has 0 aliphatic heterocycles. The van der Waals surface area contributed by atoms with Crippen molar-refractivity contribution in [1.29, 1.82) is 0 Å². The number of rotatable bonds is 4. The molecule has 0 amide bonds. The quantitative estimate of drug-likeness (QED) is 0.444. The Morgan fingerprint density at radius 1 is 1.06 bits per heavy atom. The summed E-state index contributed by atoms with van der Waals surface area (Å²) in [6, 6.07) is 14.2. The summed E-state index contributed by atoms with van der Waals surface area (Å²) in [4.78, 5) is 8.76. The lowest BCUT2D eigenvalue weighted by atomic mass is 9.94. The molecule has 31 heavy (non-hydrogen) atoms. The molecule has 0 unspecified atom stereocenters. The average Bonchev–Trinajstić information content (AvgIpc) is 3.37. The zero-order chi connectivity index (χ0) is 21.5. The van der Waals surface area contributed by atoms with E-state index in [2.05, 4.69) is 15.1 Å². The minimum Gasteiger partial charge on any atom is -0.392 e. The summed E-state index contributed by atoms with van der Waals surface area (Å²) in [6.07, 6.45) is 5.16. The maximum Gasteiger partial charge on any atom is 0.217 e. The Bertz CT molecular complexity index is 1410. The molecule has 6 nitrogen and oxygen atoms in total. The largest absolute Gasteiger partial charge is 0.392 e. The van der Waals surface area contributed by atoms with Gasteiger partial charge >= 0.3 is 0 Å². The Morgan fingerprint density at radius 3 is 2.58 bits per heavy atom. The fraction of sp³-hybridized carbons (Fsp3) is 0.0870. The molecule has 0 fully saturated rings. The van der Waals surface area contributed by atoms with Gasteiger partial charge in [0.15, 0.2) is 11.0 Å². The molecule has 0 atom stereocenters. The van der Waals surface area contributed by atoms with E-state index in [4.69, 9.17) is 11.6 Å². The predicted octanol–water partition coefficient (Wildman–Crippen LogP) is 4.75. The molecule has 3 aromatic heterocycles. The highest BCUT2D eigenvalue weighted by molar-refractivity contribution is 6.34. The monoisotopic (exact) mass is 433 g/mol. The zero-order valence-corrected chi connectivity index (χ0v) is 17.3. The first kappa shape index (κ1) is 19.4. The van der Waals surface area contributed by atoms with Crippen molar-refractivity contribution in [3.8, 4) is 33.9 Å². The summed E-state index contributed by atoms with van der Waals surface area (Å²) in [7, 11) is 1.84. The van der Waals surface area contributed by atoms with E-state index in [0.717, 1.165) is 5.56 Å². The highest BCUT2D eigenvalue weighted by Crippen LogP contribution is 2.41. The topological polar surface area (TPSA) is 68.2 Å². The summed E-state index contributed by atoms with van der Waals surface area (Å²) in [6.45, 7) is -0.300. The third kappa shape index (κ3) is 3.19. The van der Waals surface area contributed by atoms with Crippen LogP contribution in [0.3, 0.4) is 0 Å². The zero-order valence-electron chi connectivity index (χ0n) is 16.5. The van der Waals surface area contributed by atoms with Crippen molar-refractivity contribution in [2.75, 3.05) is 0 Å². The molecular weight excluding hydrogens is 417 g/mol. The molecule has 0 aliphatic rings. The van der Waals surface area contributed by atoms with Crippen molar-refractivity contribution in [3.63, 3.8) is 0 Å². The fourth-order valence-corrected chi connectivity index (χ4v) is 4.07. The van der Waals surface area contributed by atoms with Crippen LogP contribution in [0.5, 0.6) is 0 Å². The molecule has 0 saturated heterocycles. The maximum atomic E-state index is 15.0. The number of imidazole rings is 1. The number of fused-ring (bicyclic) bond motifs is 1. The number of hydrogen-bond acceptors (Lipinski definition) is 4. The smallest absolute Gasteiger partial charge is 0.217 e. The molecule has 0 radical (unpaired) electrons. The van der Waals surface area contributed by atoms with Crippen LogP contribution in [0.1, 0.15) is 5.56 Å². The molecule has 0 bridgehead atoms. The second-order valence-electron chi connectivity index (χ2n) is 7.10. The van der Waals surface area contributed by atoms with Crippen LogP contribution in [-0.2, 0) is 13.7 Å². The van der Waals surface area contributed by atoms with Gasteiger partial charge in [0.25, 0.3) is 0 Å². The number of hydrogen-bond donors (Lipinski definition) is 1. The number of aliphatic hydroxyl groups excluding tert-OH is 1. The van der Waals surface area contributed by atoms with Crippen LogP contribution in [0.2, 0.25) is 5.15 Å². The highest BCUT2D eigenvalue weighted by Gasteiger charge is 2.23. The van der Waals surface area contributed by atoms with E-state index in [-0.39, 0.29) is 11.8 Å². The van der Waals surface area contributed by atoms with E-state index in [1.807, 2.05) is 37.4 Å². The van der Waals surface area contributed by atoms with Crippen molar-refractivity contribution >= 4 is 17.1 Å². The van der Waals surface area contributed by atoms with Gasteiger partial charge in [-0.2, -0.15) is 0 Å². The van der Waals surface area contributed by atoms with E-state index in [0.29, 0.717) is 39.4 Å². The second kappa shape index (κ2) is 7.61. The normalized spacial score (nSPS) is 11.4. The molecule has 1 N–H and O–H groups in total. The van der Waals surface area contributed by atoms with Crippen molar-refractivity contribution in [1.82, 2.24) is 24.1 Å². The molecule has 3 heterocycles. The Kier molecular flexibility index (Phi) is 4.77. The number of halogens is 2. The summed E-state index contributed by atoms with van der Waals surface area (Å²) in [5.41, 5.74) is 3.43. The van der Waals surface area contributed by atoms with Crippen molar-refractivity contribution in [2.45, 2.75) is 6.61 Å². The van der Waals surface area contributed by atoms with Gasteiger partial charge in [-0.25, -0.2) is 18.9 Å². The van der Waals surface area contributed by atoms with E-state index >= 15 is 4.39 Å². The summed E-state index contributed by atoms with van der Waals surface area (Å²) in [5.74, 6) is 0.470. The maximum absolute atomic E-state index is 15.0. The molecule has 5 aromatic rings. The van der Waals surface area contributed by atoms with Crippen LogP contribution in [0.15, 0.2) is 67.1 Å². The van der Waals surface area contributed by atoms with Gasteiger partial charge in [0.2, 0.25) is 5.82 Å². The first-order valence-electron chi connectivity index (χ1n) is 9.59. The minimum atomic E-state index is -0.437. The van der Waals surface area contributed by atoms with Crippen molar-refractivity contribution in [3.05, 3.63) is 83.7 Å². The van der Waals surface area contributed by atoms with Gasteiger partial charge in [-0.15, -0.1) is 5.10 Å². The van der Waals surface area contributed by atoms with Gasteiger partial charge in [-0.1, -0.05) is 54.1 Å². The Balaban J connectivity index is 1.88. The van der Waals surface area contributed by atoms with E-state index in [9.17, 15) is 5.11 Å². The number of benzene rings is 2. The van der Waals surface area contributed by atoms with Crippen LogP contribution in [0.4, 0.5) is 4.39 Å². The van der Waals surface area contributed by atoms with E-state index < -0.39 is 5.82 Å². The average molecular weight is 434 g/mol. The molecule has 0 spiro atoms. The molecule has 0 aliphatic carbocycles. The first-order chi connectivity index (χ1) is 15.1. The lowest BCUT2D eigenvalue weighted by Gasteiger charge is -2.11. The third-order valence-corrected chi connectivity index (χ3v) is 5.48. The lowest BCUT2D eigenvalue weighted by molar-refractivity contribution is 0.282. The van der Waals surface area contributed by atoms with Crippen LogP contribution < -0.4 is 0 Å². The second-order valence-corrected chi connectivity index (χ2v) is 7.46. The molecule has 2 aromatic carbocycles. The molecule has 8 heteroatoms. The molecule has 0 saturated carbocycles. The van der Waals surface area contributed by atoms with Gasteiger partial charge in [0.1, 0.15) is 11.3 Å². The summed E-state index contributed by atoms with van der Waals surface area (Å²) in [5, 5.41) is 14.7. The number of nitrogens with zero attached hydrogens (tertiary/aromatic N) is 5. The summed E-state index contributed by atoms with van der Waals surface area (Å²) < 4.78 is 18.4. The molecular formula is C23H17ClFN5O. The Morgan fingerprint density at radius 2 is 1.87 bits per heavy atom. The summed E-state index contributed by atoms with van der Waals surface area (Å²) >= 11 is 6.65. The van der Waals surface area contributed by atoms with Crippen molar-refractivity contribution in [2.24, 2.45) is 7.05 Å². The van der Waals surface area contributed by atoms with Gasteiger partial charge in [-0.3, -0.25) is 0 Å². The number of aromatic nitrogens is 5. The van der Waals surface area contributed by atoms with Crippen LogP contribution >= 0.6 is 11.6 Å². The molecule has 5 rings (SSSR count). The minimum absolute atomic E-state index is 0.222. The fourth-order valence-electron chi connectivity index (χ4n) is 3.80. The van der Waals surface area contributed by atoms with Gasteiger partial charge < -0.3 is 9.67 Å². The Hall–Kier alpha value is -3.55. The van der Waals surface area contributed by atoms with Gasteiger partial charge in [0.05, 0.1) is 6.61 Å². The lowest BCUT2D eigenvalue weighted by Crippen LogP contribution is -2.02. The predicted molar refractivity (Wildman–Crippen MR) is 117 cm³/mol. The third-order valence-electron chi connectivity index (χ3n) is 5.21. The van der Waals surface area contributed by atoms with Gasteiger partial charge in [0, 0.05) is 42.3 Å². The van der Waals surface area contributed by atoms with E-state index in [1.165, 1.54) is 6.07 Å². The number of aryl methyl sites for hydroxylation is 1. The SMILES string of the molecule is Cn1ccnc1-c1nc(Cl)c2c(-c3ccccc3)c(-c3c(F)cccc3CO)cn2n1. The van der Waals surface area contributed by atoms with Crippen LogP contribution in [0, 0.1) is 5.82 Å². The van der Waals surface area contributed by atoms with Gasteiger partial charge in [-0.05, 0) is 17.2 Å². The highest BCUT2D eigenvalue weighted by atomic mass is 35.5. The number of aliphatic hydroxyl groups is 1. The molecule has 154 valence electrons. The standard InChI is InChI=1S/C23H17ClFN5O/c1-29-11-10-26-23(29)22-27-21(24)20-19(14-6-3-2-4-7-14)16(12-30(20)28-22)18-15(13-31)8-5-9-17(18)25/h2-12,31H,13H2,1H3. The first-order valence-corrected chi connectivity index (χ1v) is 9.97.